The number of fused-ring (bicyclic) bond motifs is 1. The van der Waals surface area contributed by atoms with Crippen molar-refractivity contribution in [1.82, 2.24) is 14.5 Å². The van der Waals surface area contributed by atoms with E-state index in [9.17, 15) is 14.7 Å². The Morgan fingerprint density at radius 1 is 1.19 bits per heavy atom. The first-order valence-corrected chi connectivity index (χ1v) is 10.6. The Bertz CT molecular complexity index is 1080. The summed E-state index contributed by atoms with van der Waals surface area (Å²) >= 11 is 0. The van der Waals surface area contributed by atoms with E-state index in [1.807, 2.05) is 49.4 Å². The number of nitrogens with one attached hydrogen (secondary N) is 1. The molecule has 3 heterocycles. The average Bonchev–Trinajstić information content (AvgIpc) is 3.26. The van der Waals surface area contributed by atoms with Gasteiger partial charge in [0.05, 0.1) is 24.4 Å². The van der Waals surface area contributed by atoms with Gasteiger partial charge in [0.15, 0.2) is 5.78 Å². The van der Waals surface area contributed by atoms with Crippen molar-refractivity contribution in [3.63, 3.8) is 0 Å². The number of imidazole rings is 1. The number of pyridine rings is 1. The Balaban J connectivity index is 1.49. The second-order valence-corrected chi connectivity index (χ2v) is 8.02. The molecule has 0 spiro atoms. The summed E-state index contributed by atoms with van der Waals surface area (Å²) < 4.78 is 1.79. The summed E-state index contributed by atoms with van der Waals surface area (Å²) in [5, 5.41) is 12.6. The highest BCUT2D eigenvalue weighted by Gasteiger charge is 2.23. The van der Waals surface area contributed by atoms with Crippen LogP contribution in [0.5, 0.6) is 0 Å². The summed E-state index contributed by atoms with van der Waals surface area (Å²) in [7, 11) is 0. The van der Waals surface area contributed by atoms with E-state index >= 15 is 0 Å². The highest BCUT2D eigenvalue weighted by atomic mass is 16.4. The van der Waals surface area contributed by atoms with Crippen molar-refractivity contribution in [1.29, 1.82) is 0 Å². The average molecular weight is 418 g/mol. The highest BCUT2D eigenvalue weighted by Crippen LogP contribution is 2.26. The normalized spacial score (nSPS) is 14.9. The van der Waals surface area contributed by atoms with E-state index in [0.717, 1.165) is 36.5 Å². The van der Waals surface area contributed by atoms with E-state index in [1.165, 1.54) is 5.56 Å². The first-order valence-electron chi connectivity index (χ1n) is 10.6. The van der Waals surface area contributed by atoms with Gasteiger partial charge in [0.2, 0.25) is 0 Å². The van der Waals surface area contributed by atoms with Gasteiger partial charge in [-0.3, -0.25) is 9.59 Å². The van der Waals surface area contributed by atoms with Crippen LogP contribution in [0.2, 0.25) is 0 Å². The molecule has 0 fully saturated rings. The van der Waals surface area contributed by atoms with E-state index < -0.39 is 11.9 Å². The van der Waals surface area contributed by atoms with Gasteiger partial charge in [0.25, 0.3) is 0 Å². The number of carbonyl (C=O) groups excluding carboxylic acids is 1. The second kappa shape index (κ2) is 9.12. The number of carboxylic acid groups (broad SMARTS) is 1. The number of aliphatic carboxylic acids is 1. The SMILES string of the molecule is CC(C(=O)c1cn(CC(CC(=O)O)c2ccccc2)cn1)c1ccc2c(n1)NCCC2. The Hall–Kier alpha value is -3.48. The molecule has 7 heteroatoms. The molecule has 2 unspecified atom stereocenters. The largest absolute Gasteiger partial charge is 0.481 e. The number of benzene rings is 1. The summed E-state index contributed by atoms with van der Waals surface area (Å²) in [6, 6.07) is 13.5. The van der Waals surface area contributed by atoms with Crippen molar-refractivity contribution in [3.05, 3.63) is 77.5 Å². The first-order chi connectivity index (χ1) is 15.0. The number of aromatic nitrogens is 3. The van der Waals surface area contributed by atoms with Gasteiger partial charge in [-0.2, -0.15) is 0 Å². The third-order valence-corrected chi connectivity index (χ3v) is 5.76. The lowest BCUT2D eigenvalue weighted by molar-refractivity contribution is -0.137. The highest BCUT2D eigenvalue weighted by molar-refractivity contribution is 5.98. The van der Waals surface area contributed by atoms with Crippen LogP contribution in [0.15, 0.2) is 55.0 Å². The number of Topliss-reactive ketones (excluding diaryl/α,β-unsaturated/α-hetero) is 1. The van der Waals surface area contributed by atoms with Crippen LogP contribution in [0, 0.1) is 0 Å². The summed E-state index contributed by atoms with van der Waals surface area (Å²) in [5.74, 6) is -0.709. The Kier molecular flexibility index (Phi) is 6.11. The van der Waals surface area contributed by atoms with Crippen LogP contribution in [-0.2, 0) is 17.8 Å². The van der Waals surface area contributed by atoms with Gasteiger partial charge in [-0.25, -0.2) is 9.97 Å². The second-order valence-electron chi connectivity index (χ2n) is 8.02. The van der Waals surface area contributed by atoms with E-state index in [0.29, 0.717) is 12.2 Å². The molecule has 31 heavy (non-hydrogen) atoms. The predicted octanol–water partition coefficient (Wildman–Crippen LogP) is 3.88. The molecular formula is C24H26N4O3. The minimum absolute atomic E-state index is 0.00786. The number of ketones is 1. The minimum atomic E-state index is -0.856. The van der Waals surface area contributed by atoms with Gasteiger partial charge in [0.1, 0.15) is 11.5 Å². The number of carboxylic acids is 1. The Labute approximate surface area is 181 Å². The fourth-order valence-corrected chi connectivity index (χ4v) is 4.01. The Morgan fingerprint density at radius 2 is 2.00 bits per heavy atom. The molecule has 2 aromatic heterocycles. The van der Waals surface area contributed by atoms with Crippen molar-refractivity contribution < 1.29 is 14.7 Å². The zero-order valence-corrected chi connectivity index (χ0v) is 17.5. The van der Waals surface area contributed by atoms with Crippen molar-refractivity contribution >= 4 is 17.6 Å². The van der Waals surface area contributed by atoms with Gasteiger partial charge in [-0.05, 0) is 37.0 Å². The third kappa shape index (κ3) is 4.82. The number of hydrogen-bond acceptors (Lipinski definition) is 5. The summed E-state index contributed by atoms with van der Waals surface area (Å²) in [6.45, 7) is 3.18. The molecule has 0 saturated carbocycles. The summed E-state index contributed by atoms with van der Waals surface area (Å²) in [5.41, 5.74) is 3.22. The molecule has 0 bridgehead atoms. The fourth-order valence-electron chi connectivity index (χ4n) is 4.01. The molecule has 0 amide bonds. The number of nitrogens with zero attached hydrogens (tertiary/aromatic N) is 3. The number of rotatable bonds is 8. The fraction of sp³-hybridized carbons (Fsp3) is 0.333. The van der Waals surface area contributed by atoms with Crippen LogP contribution in [0.1, 0.15) is 58.9 Å². The van der Waals surface area contributed by atoms with Gasteiger partial charge < -0.3 is 15.0 Å². The number of aryl methyl sites for hydroxylation is 1. The van der Waals surface area contributed by atoms with Crippen LogP contribution in [0.4, 0.5) is 5.82 Å². The molecule has 4 rings (SSSR count). The monoisotopic (exact) mass is 418 g/mol. The van der Waals surface area contributed by atoms with Crippen LogP contribution < -0.4 is 5.32 Å². The van der Waals surface area contributed by atoms with Gasteiger partial charge in [0, 0.05) is 25.2 Å². The zero-order valence-electron chi connectivity index (χ0n) is 17.5. The van der Waals surface area contributed by atoms with Crippen LogP contribution in [-0.4, -0.2) is 37.9 Å². The van der Waals surface area contributed by atoms with Crippen molar-refractivity contribution in [2.75, 3.05) is 11.9 Å². The maximum atomic E-state index is 13.0. The van der Waals surface area contributed by atoms with Crippen molar-refractivity contribution in [3.8, 4) is 0 Å². The smallest absolute Gasteiger partial charge is 0.304 e. The molecule has 3 aromatic rings. The van der Waals surface area contributed by atoms with Gasteiger partial charge in [-0.1, -0.05) is 36.4 Å². The summed E-state index contributed by atoms with van der Waals surface area (Å²) in [4.78, 5) is 33.3. The molecule has 1 aromatic carbocycles. The van der Waals surface area contributed by atoms with E-state index in [1.54, 1.807) is 17.1 Å². The lowest BCUT2D eigenvalue weighted by Gasteiger charge is -2.19. The van der Waals surface area contributed by atoms with Gasteiger partial charge >= 0.3 is 5.97 Å². The maximum absolute atomic E-state index is 13.0. The lowest BCUT2D eigenvalue weighted by Crippen LogP contribution is -2.17. The van der Waals surface area contributed by atoms with E-state index in [-0.39, 0.29) is 18.1 Å². The molecular weight excluding hydrogens is 392 g/mol. The molecule has 0 aliphatic carbocycles. The van der Waals surface area contributed by atoms with Crippen LogP contribution >= 0.6 is 0 Å². The molecule has 7 nitrogen and oxygen atoms in total. The van der Waals surface area contributed by atoms with Crippen molar-refractivity contribution in [2.24, 2.45) is 0 Å². The van der Waals surface area contributed by atoms with Crippen LogP contribution in [0.3, 0.4) is 0 Å². The molecule has 1 aliphatic rings. The standard InChI is InChI=1S/C24H26N4O3/c1-16(20-10-9-18-8-5-11-25-24(18)27-20)23(31)21-14-28(15-26-21)13-19(12-22(29)30)17-6-3-2-4-7-17/h2-4,6-7,9-10,14-16,19H,5,8,11-13H2,1H3,(H,25,27)(H,29,30). The quantitative estimate of drug-likeness (QED) is 0.539. The molecule has 0 radical (unpaired) electrons. The van der Waals surface area contributed by atoms with Crippen LogP contribution in [0.25, 0.3) is 0 Å². The maximum Gasteiger partial charge on any atom is 0.304 e. The topological polar surface area (TPSA) is 97.1 Å². The van der Waals surface area contributed by atoms with Gasteiger partial charge in [-0.15, -0.1) is 0 Å². The van der Waals surface area contributed by atoms with E-state index in [2.05, 4.69) is 15.3 Å². The number of carbonyl (C=O) groups is 2. The number of anilines is 1. The zero-order chi connectivity index (χ0) is 21.8. The first kappa shape index (κ1) is 20.8. The lowest BCUT2D eigenvalue weighted by atomic mass is 9.95. The Morgan fingerprint density at radius 3 is 2.77 bits per heavy atom. The van der Waals surface area contributed by atoms with E-state index in [4.69, 9.17) is 0 Å². The molecule has 1 aliphatic heterocycles. The molecule has 2 atom stereocenters. The number of hydrogen-bond donors (Lipinski definition) is 2. The minimum Gasteiger partial charge on any atom is -0.481 e. The summed E-state index contributed by atoms with van der Waals surface area (Å²) in [6.07, 6.45) is 5.40. The molecule has 0 saturated heterocycles. The van der Waals surface area contributed by atoms with Crippen molar-refractivity contribution in [2.45, 2.75) is 44.6 Å². The third-order valence-electron chi connectivity index (χ3n) is 5.76. The molecule has 160 valence electrons. The predicted molar refractivity (Wildman–Crippen MR) is 117 cm³/mol. The molecule has 2 N–H and O–H groups in total.